The van der Waals surface area contributed by atoms with E-state index in [-0.39, 0.29) is 11.4 Å². The summed E-state index contributed by atoms with van der Waals surface area (Å²) in [6.45, 7) is 3.03. The summed E-state index contributed by atoms with van der Waals surface area (Å²) < 4.78 is 15.0. The number of nitrogens with two attached hydrogens (primary N) is 1. The minimum atomic E-state index is -0.701. The minimum Gasteiger partial charge on any atom is -0.381 e. The van der Waals surface area contributed by atoms with Crippen LogP contribution in [0.1, 0.15) is 29.6 Å². The van der Waals surface area contributed by atoms with Gasteiger partial charge in [0.05, 0.1) is 28.8 Å². The Morgan fingerprint density at radius 1 is 1.22 bits per heavy atom. The molecule has 0 saturated carbocycles. The van der Waals surface area contributed by atoms with Crippen LogP contribution in [0.3, 0.4) is 0 Å². The maximum atomic E-state index is 13.6. The Balaban J connectivity index is 1.32. The molecule has 0 bridgehead atoms. The predicted molar refractivity (Wildman–Crippen MR) is 121 cm³/mol. The van der Waals surface area contributed by atoms with Crippen LogP contribution in [0.15, 0.2) is 30.9 Å². The molecular formula is C21H24ClFN8O. The Labute approximate surface area is 189 Å². The van der Waals surface area contributed by atoms with E-state index in [0.29, 0.717) is 35.4 Å². The third-order valence-corrected chi connectivity index (χ3v) is 6.42. The predicted octanol–water partition coefficient (Wildman–Crippen LogP) is 2.62. The van der Waals surface area contributed by atoms with Gasteiger partial charge in [0.2, 0.25) is 0 Å². The van der Waals surface area contributed by atoms with E-state index in [9.17, 15) is 9.18 Å². The van der Waals surface area contributed by atoms with Crippen molar-refractivity contribution in [3.8, 4) is 0 Å². The number of alkyl halides is 1. The lowest BCUT2D eigenvalue weighted by molar-refractivity contribution is 0.102. The summed E-state index contributed by atoms with van der Waals surface area (Å²) in [7, 11) is 0. The maximum absolute atomic E-state index is 13.6. The molecule has 168 valence electrons. The third-order valence-electron chi connectivity index (χ3n) is 6.23. The molecule has 5 rings (SSSR count). The summed E-state index contributed by atoms with van der Waals surface area (Å²) in [5, 5.41) is 7.44. The zero-order chi connectivity index (χ0) is 22.2. The van der Waals surface area contributed by atoms with Crippen molar-refractivity contribution < 1.29 is 9.18 Å². The first kappa shape index (κ1) is 20.9. The molecule has 2 saturated heterocycles. The number of nitrogen functional groups attached to an aromatic ring is 1. The molecular weight excluding hydrogens is 435 g/mol. The summed E-state index contributed by atoms with van der Waals surface area (Å²) in [5.41, 5.74) is 7.98. The van der Waals surface area contributed by atoms with Crippen LogP contribution in [0.4, 0.5) is 21.6 Å². The van der Waals surface area contributed by atoms with Crippen molar-refractivity contribution in [2.24, 2.45) is 0 Å². The number of hydrogen-bond acceptors (Lipinski definition) is 7. The van der Waals surface area contributed by atoms with Crippen LogP contribution >= 0.6 is 11.6 Å². The number of pyridine rings is 1. The Hall–Kier alpha value is -2.98. The molecule has 1 atom stereocenters. The number of likely N-dealkylation sites (tertiary alicyclic amines) is 1. The molecule has 2 fully saturated rings. The Morgan fingerprint density at radius 2 is 2.03 bits per heavy atom. The molecule has 0 aromatic carbocycles. The number of carbonyl (C=O) groups is 1. The number of halogens is 2. The minimum absolute atomic E-state index is 0.0697. The maximum Gasteiger partial charge on any atom is 0.263 e. The van der Waals surface area contributed by atoms with Crippen LogP contribution in [0.5, 0.6) is 0 Å². The number of piperidine rings is 1. The van der Waals surface area contributed by atoms with Gasteiger partial charge < -0.3 is 16.0 Å². The fourth-order valence-electron chi connectivity index (χ4n) is 4.64. The molecule has 0 spiro atoms. The molecule has 32 heavy (non-hydrogen) atoms. The highest BCUT2D eigenvalue weighted by Crippen LogP contribution is 2.31. The average Bonchev–Trinajstić information content (AvgIpc) is 3.36. The number of carbonyl (C=O) groups excluding carboxylic acids is 1. The van der Waals surface area contributed by atoms with E-state index in [2.05, 4.69) is 30.2 Å². The van der Waals surface area contributed by atoms with Crippen molar-refractivity contribution in [1.82, 2.24) is 24.5 Å². The van der Waals surface area contributed by atoms with Gasteiger partial charge in [0.25, 0.3) is 5.91 Å². The number of anilines is 3. The van der Waals surface area contributed by atoms with E-state index in [1.165, 1.54) is 10.7 Å². The number of hydrogen-bond donors (Lipinski definition) is 2. The molecule has 0 unspecified atom stereocenters. The number of nitrogens with one attached hydrogen (secondary N) is 1. The van der Waals surface area contributed by atoms with Crippen molar-refractivity contribution in [3.05, 3.63) is 41.4 Å². The van der Waals surface area contributed by atoms with Crippen molar-refractivity contribution in [3.63, 3.8) is 0 Å². The van der Waals surface area contributed by atoms with Gasteiger partial charge in [-0.15, -0.1) is 5.10 Å². The molecule has 11 heteroatoms. The monoisotopic (exact) mass is 458 g/mol. The number of amides is 1. The molecule has 2 aliphatic rings. The number of nitrogens with zero attached hydrogens (tertiary/aromatic N) is 6. The Bertz CT molecular complexity index is 1150. The van der Waals surface area contributed by atoms with Crippen LogP contribution in [-0.2, 0) is 0 Å². The van der Waals surface area contributed by atoms with Crippen LogP contribution in [0, 0.1) is 0 Å². The van der Waals surface area contributed by atoms with Gasteiger partial charge in [-0.1, -0.05) is 11.6 Å². The lowest BCUT2D eigenvalue weighted by Gasteiger charge is -2.38. The highest BCUT2D eigenvalue weighted by atomic mass is 35.5. The van der Waals surface area contributed by atoms with Crippen LogP contribution in [0.25, 0.3) is 5.65 Å². The molecule has 0 aliphatic carbocycles. The molecule has 0 radical (unpaired) electrons. The topological polar surface area (TPSA) is 105 Å². The Morgan fingerprint density at radius 3 is 2.78 bits per heavy atom. The van der Waals surface area contributed by atoms with Gasteiger partial charge in [0.15, 0.2) is 11.5 Å². The normalized spacial score (nSPS) is 20.2. The SMILES string of the molecule is Nc1nn2cc(Cl)cnc2c1C(=O)Nc1cnccc1N1CCC(N2CC[C@H](F)C2)CC1. The average molecular weight is 459 g/mol. The summed E-state index contributed by atoms with van der Waals surface area (Å²) in [6.07, 6.45) is 8.16. The first-order valence-corrected chi connectivity index (χ1v) is 11.0. The number of rotatable bonds is 4. The summed E-state index contributed by atoms with van der Waals surface area (Å²) in [5.74, 6) is -0.345. The van der Waals surface area contributed by atoms with Gasteiger partial charge in [-0.05, 0) is 25.3 Å². The zero-order valence-corrected chi connectivity index (χ0v) is 18.2. The van der Waals surface area contributed by atoms with Crippen molar-refractivity contribution in [2.45, 2.75) is 31.5 Å². The fraction of sp³-hybridized carbons (Fsp3) is 0.429. The first-order valence-electron chi connectivity index (χ1n) is 10.7. The first-order chi connectivity index (χ1) is 15.5. The van der Waals surface area contributed by atoms with Gasteiger partial charge in [-0.25, -0.2) is 13.9 Å². The molecule has 1 amide bonds. The lowest BCUT2D eigenvalue weighted by atomic mass is 10.0. The smallest absolute Gasteiger partial charge is 0.263 e. The second kappa shape index (κ2) is 8.51. The zero-order valence-electron chi connectivity index (χ0n) is 17.4. The van der Waals surface area contributed by atoms with E-state index in [4.69, 9.17) is 17.3 Å². The van der Waals surface area contributed by atoms with Crippen LogP contribution in [0.2, 0.25) is 5.02 Å². The summed E-state index contributed by atoms with van der Waals surface area (Å²) in [4.78, 5) is 26.0. The molecule has 5 heterocycles. The van der Waals surface area contributed by atoms with Gasteiger partial charge >= 0.3 is 0 Å². The van der Waals surface area contributed by atoms with E-state index in [1.807, 2.05) is 6.07 Å². The molecule has 9 nitrogen and oxygen atoms in total. The van der Waals surface area contributed by atoms with Gasteiger partial charge in [0, 0.05) is 44.6 Å². The molecule has 2 aliphatic heterocycles. The lowest BCUT2D eigenvalue weighted by Crippen LogP contribution is -2.44. The van der Waals surface area contributed by atoms with Crippen LogP contribution < -0.4 is 16.0 Å². The summed E-state index contributed by atoms with van der Waals surface area (Å²) >= 11 is 5.96. The van der Waals surface area contributed by atoms with E-state index >= 15 is 0 Å². The van der Waals surface area contributed by atoms with E-state index in [0.717, 1.165) is 38.2 Å². The molecule has 3 N–H and O–H groups in total. The van der Waals surface area contributed by atoms with Crippen LogP contribution in [-0.4, -0.2) is 68.8 Å². The van der Waals surface area contributed by atoms with Gasteiger partial charge in [-0.3, -0.25) is 14.7 Å². The quantitative estimate of drug-likeness (QED) is 0.619. The second-order valence-corrected chi connectivity index (χ2v) is 8.68. The van der Waals surface area contributed by atoms with E-state index in [1.54, 1.807) is 18.6 Å². The van der Waals surface area contributed by atoms with Gasteiger partial charge in [0.1, 0.15) is 11.7 Å². The fourth-order valence-corrected chi connectivity index (χ4v) is 4.78. The largest absolute Gasteiger partial charge is 0.381 e. The summed E-state index contributed by atoms with van der Waals surface area (Å²) in [6, 6.07) is 2.30. The molecule has 3 aromatic rings. The third kappa shape index (κ3) is 3.95. The Kier molecular flexibility index (Phi) is 5.56. The van der Waals surface area contributed by atoms with Gasteiger partial charge in [-0.2, -0.15) is 0 Å². The highest BCUT2D eigenvalue weighted by molar-refractivity contribution is 6.30. The van der Waals surface area contributed by atoms with Crippen molar-refractivity contribution in [1.29, 1.82) is 0 Å². The highest BCUT2D eigenvalue weighted by Gasteiger charge is 2.31. The second-order valence-electron chi connectivity index (χ2n) is 8.25. The molecule has 3 aromatic heterocycles. The van der Waals surface area contributed by atoms with Crippen molar-refractivity contribution >= 4 is 40.3 Å². The number of fused-ring (bicyclic) bond motifs is 1. The van der Waals surface area contributed by atoms with Crippen molar-refractivity contribution in [2.75, 3.05) is 42.1 Å². The standard InChI is InChI=1S/C21H24ClFN8O/c22-13-9-26-20-18(19(24)28-31(20)11-13)21(32)27-16-10-25-5-1-17(16)29-7-3-15(4-8-29)30-6-2-14(23)12-30/h1,5,9-11,14-15H,2-4,6-8,12H2,(H2,24,28)(H,27,32)/t14-/m0/s1. The number of aromatic nitrogens is 4. The van der Waals surface area contributed by atoms with E-state index < -0.39 is 12.1 Å².